The Labute approximate surface area is 101 Å². The monoisotopic (exact) mass is 238 g/mol. The number of hydrogen-bond acceptors (Lipinski definition) is 2. The molecule has 0 aromatic heterocycles. The van der Waals surface area contributed by atoms with E-state index in [0.29, 0.717) is 6.54 Å². The molecular formula is C12H18N2OS. The minimum Gasteiger partial charge on any atom is -0.338 e. The van der Waals surface area contributed by atoms with Crippen LogP contribution < -0.4 is 5.32 Å². The van der Waals surface area contributed by atoms with E-state index in [0.717, 1.165) is 6.42 Å². The minimum atomic E-state index is -0.0402. The lowest BCUT2D eigenvalue weighted by atomic mass is 10.1. The van der Waals surface area contributed by atoms with E-state index >= 15 is 0 Å². The molecule has 3 nitrogen and oxygen atoms in total. The third kappa shape index (κ3) is 3.77. The number of thioether (sulfide) groups is 1. The summed E-state index contributed by atoms with van der Waals surface area (Å²) in [7, 11) is 3.48. The first kappa shape index (κ1) is 12.9. The van der Waals surface area contributed by atoms with Crippen molar-refractivity contribution in [2.75, 3.05) is 26.9 Å². The molecule has 0 bridgehead atoms. The lowest BCUT2D eigenvalue weighted by Gasteiger charge is -2.12. The number of carbonyl (C=O) groups excluding carboxylic acids is 1. The third-order valence-corrected chi connectivity index (χ3v) is 3.11. The van der Waals surface area contributed by atoms with Gasteiger partial charge in [-0.3, -0.25) is 0 Å². The Morgan fingerprint density at radius 3 is 2.69 bits per heavy atom. The number of amides is 2. The van der Waals surface area contributed by atoms with E-state index in [1.165, 1.54) is 10.5 Å². The van der Waals surface area contributed by atoms with Crippen LogP contribution in [0.3, 0.4) is 0 Å². The van der Waals surface area contributed by atoms with Gasteiger partial charge in [-0.15, -0.1) is 11.8 Å². The molecule has 2 amide bonds. The van der Waals surface area contributed by atoms with Crippen LogP contribution in [0.25, 0.3) is 0 Å². The van der Waals surface area contributed by atoms with Gasteiger partial charge in [0.1, 0.15) is 0 Å². The number of benzene rings is 1. The average molecular weight is 238 g/mol. The van der Waals surface area contributed by atoms with Gasteiger partial charge < -0.3 is 10.2 Å². The summed E-state index contributed by atoms with van der Waals surface area (Å²) in [5.41, 5.74) is 1.29. The Morgan fingerprint density at radius 1 is 1.38 bits per heavy atom. The van der Waals surface area contributed by atoms with Crippen molar-refractivity contribution in [1.82, 2.24) is 10.2 Å². The minimum absolute atomic E-state index is 0.0402. The van der Waals surface area contributed by atoms with Crippen molar-refractivity contribution in [2.45, 2.75) is 11.3 Å². The molecule has 1 aromatic carbocycles. The molecule has 16 heavy (non-hydrogen) atoms. The molecule has 0 saturated carbocycles. The third-order valence-electron chi connectivity index (χ3n) is 2.27. The number of nitrogens with zero attached hydrogens (tertiary/aromatic N) is 1. The zero-order valence-electron chi connectivity index (χ0n) is 9.99. The fourth-order valence-corrected chi connectivity index (χ4v) is 2.02. The Hall–Kier alpha value is -1.16. The fraction of sp³-hybridized carbons (Fsp3) is 0.417. The van der Waals surface area contributed by atoms with Crippen LogP contribution >= 0.6 is 11.8 Å². The second-order valence-corrected chi connectivity index (χ2v) is 4.54. The van der Waals surface area contributed by atoms with E-state index in [1.807, 2.05) is 12.1 Å². The summed E-state index contributed by atoms with van der Waals surface area (Å²) in [6.07, 6.45) is 2.94. The number of hydrogen-bond donors (Lipinski definition) is 1. The first-order valence-electron chi connectivity index (χ1n) is 5.22. The van der Waals surface area contributed by atoms with Crippen LogP contribution in [0, 0.1) is 0 Å². The van der Waals surface area contributed by atoms with Crippen molar-refractivity contribution in [2.24, 2.45) is 0 Å². The predicted molar refractivity (Wildman–Crippen MR) is 69.0 cm³/mol. The lowest BCUT2D eigenvalue weighted by Crippen LogP contribution is -2.35. The van der Waals surface area contributed by atoms with Gasteiger partial charge in [-0.1, -0.05) is 18.2 Å². The van der Waals surface area contributed by atoms with E-state index in [9.17, 15) is 4.79 Å². The average Bonchev–Trinajstić information content (AvgIpc) is 2.29. The number of urea groups is 1. The molecule has 0 radical (unpaired) electrons. The van der Waals surface area contributed by atoms with Crippen molar-refractivity contribution in [3.63, 3.8) is 0 Å². The van der Waals surface area contributed by atoms with Gasteiger partial charge in [0.25, 0.3) is 0 Å². The molecule has 0 atom stereocenters. The summed E-state index contributed by atoms with van der Waals surface area (Å²) in [5.74, 6) is 0. The summed E-state index contributed by atoms with van der Waals surface area (Å²) < 4.78 is 0. The van der Waals surface area contributed by atoms with Gasteiger partial charge in [-0.05, 0) is 24.3 Å². The van der Waals surface area contributed by atoms with Crippen LogP contribution in [0.2, 0.25) is 0 Å². The lowest BCUT2D eigenvalue weighted by molar-refractivity contribution is 0.217. The van der Waals surface area contributed by atoms with Gasteiger partial charge in [0.2, 0.25) is 0 Å². The highest BCUT2D eigenvalue weighted by Gasteiger charge is 2.03. The molecule has 1 N–H and O–H groups in total. The van der Waals surface area contributed by atoms with Gasteiger partial charge >= 0.3 is 6.03 Å². The highest BCUT2D eigenvalue weighted by Crippen LogP contribution is 2.19. The molecule has 88 valence electrons. The van der Waals surface area contributed by atoms with E-state index in [1.54, 1.807) is 30.8 Å². The second kappa shape index (κ2) is 6.43. The zero-order valence-corrected chi connectivity index (χ0v) is 10.8. The van der Waals surface area contributed by atoms with Gasteiger partial charge in [0.15, 0.2) is 0 Å². The molecule has 1 rings (SSSR count). The first-order chi connectivity index (χ1) is 7.65. The van der Waals surface area contributed by atoms with Crippen molar-refractivity contribution < 1.29 is 4.79 Å². The van der Waals surface area contributed by atoms with Crippen LogP contribution in [-0.4, -0.2) is 37.8 Å². The SMILES string of the molecule is CSc1ccccc1CCNC(=O)N(C)C. The van der Waals surface area contributed by atoms with Crippen molar-refractivity contribution in [3.8, 4) is 0 Å². The number of rotatable bonds is 4. The van der Waals surface area contributed by atoms with E-state index in [-0.39, 0.29) is 6.03 Å². The highest BCUT2D eigenvalue weighted by atomic mass is 32.2. The summed E-state index contributed by atoms with van der Waals surface area (Å²) >= 11 is 1.74. The molecule has 0 heterocycles. The van der Waals surface area contributed by atoms with Gasteiger partial charge in [-0.2, -0.15) is 0 Å². The van der Waals surface area contributed by atoms with Gasteiger partial charge in [0, 0.05) is 25.5 Å². The Bertz CT molecular complexity index is 353. The molecule has 0 fully saturated rings. The molecule has 0 unspecified atom stereocenters. The molecule has 4 heteroatoms. The maximum atomic E-state index is 11.3. The maximum Gasteiger partial charge on any atom is 0.316 e. The molecule has 0 aliphatic heterocycles. The zero-order chi connectivity index (χ0) is 12.0. The van der Waals surface area contributed by atoms with Crippen LogP contribution in [0.4, 0.5) is 4.79 Å². The topological polar surface area (TPSA) is 32.3 Å². The summed E-state index contributed by atoms with van der Waals surface area (Å²) in [6, 6.07) is 8.24. The van der Waals surface area contributed by atoms with E-state index < -0.39 is 0 Å². The number of carbonyl (C=O) groups is 1. The summed E-state index contributed by atoms with van der Waals surface area (Å²) in [6.45, 7) is 0.675. The Kier molecular flexibility index (Phi) is 5.19. The van der Waals surface area contributed by atoms with Crippen molar-refractivity contribution >= 4 is 17.8 Å². The van der Waals surface area contributed by atoms with Crippen LogP contribution in [-0.2, 0) is 6.42 Å². The largest absolute Gasteiger partial charge is 0.338 e. The molecule has 0 spiro atoms. The quantitative estimate of drug-likeness (QED) is 0.816. The van der Waals surface area contributed by atoms with Crippen LogP contribution in [0.1, 0.15) is 5.56 Å². The van der Waals surface area contributed by atoms with E-state index in [2.05, 4.69) is 23.7 Å². The first-order valence-corrected chi connectivity index (χ1v) is 6.44. The highest BCUT2D eigenvalue weighted by molar-refractivity contribution is 7.98. The van der Waals surface area contributed by atoms with Gasteiger partial charge in [0.05, 0.1) is 0 Å². The Balaban J connectivity index is 2.45. The summed E-state index contributed by atoms with van der Waals surface area (Å²) in [5, 5.41) is 2.86. The standard InChI is InChI=1S/C12H18N2OS/c1-14(2)12(15)13-9-8-10-6-4-5-7-11(10)16-3/h4-7H,8-9H2,1-3H3,(H,13,15). The number of nitrogens with one attached hydrogen (secondary N) is 1. The second-order valence-electron chi connectivity index (χ2n) is 3.69. The molecule has 1 aromatic rings. The molecule has 0 aliphatic rings. The smallest absolute Gasteiger partial charge is 0.316 e. The maximum absolute atomic E-state index is 11.3. The van der Waals surface area contributed by atoms with Crippen molar-refractivity contribution in [3.05, 3.63) is 29.8 Å². The van der Waals surface area contributed by atoms with Crippen LogP contribution in [0.5, 0.6) is 0 Å². The van der Waals surface area contributed by atoms with Crippen LogP contribution in [0.15, 0.2) is 29.2 Å². The molecule has 0 aliphatic carbocycles. The van der Waals surface area contributed by atoms with E-state index in [4.69, 9.17) is 0 Å². The molecular weight excluding hydrogens is 220 g/mol. The summed E-state index contributed by atoms with van der Waals surface area (Å²) in [4.78, 5) is 14.1. The van der Waals surface area contributed by atoms with Crippen molar-refractivity contribution in [1.29, 1.82) is 0 Å². The van der Waals surface area contributed by atoms with Gasteiger partial charge in [-0.25, -0.2) is 4.79 Å². The predicted octanol–water partition coefficient (Wildman–Crippen LogP) is 2.22. The molecule has 0 saturated heterocycles. The Morgan fingerprint density at radius 2 is 2.06 bits per heavy atom. The fourth-order valence-electron chi connectivity index (χ4n) is 1.37. The normalized spacial score (nSPS) is 9.94.